The first-order chi connectivity index (χ1) is 8.54. The highest BCUT2D eigenvalue weighted by Gasteiger charge is 2.32. The van der Waals surface area contributed by atoms with Crippen LogP contribution in [0.5, 0.6) is 0 Å². The van der Waals surface area contributed by atoms with E-state index in [0.29, 0.717) is 12.0 Å². The molecule has 3 nitrogen and oxygen atoms in total. The van der Waals surface area contributed by atoms with E-state index in [0.717, 1.165) is 19.5 Å². The molecule has 0 bridgehead atoms. The second kappa shape index (κ2) is 5.59. The van der Waals surface area contributed by atoms with Gasteiger partial charge in [-0.25, -0.2) is 0 Å². The summed E-state index contributed by atoms with van der Waals surface area (Å²) in [7, 11) is 6.39. The molecule has 0 radical (unpaired) electrons. The van der Waals surface area contributed by atoms with Gasteiger partial charge < -0.3 is 10.6 Å². The number of rotatable bonds is 3. The van der Waals surface area contributed by atoms with Crippen LogP contribution in [0, 0.1) is 5.92 Å². The number of hydrogen-bond acceptors (Lipinski definition) is 3. The Kier molecular flexibility index (Phi) is 4.30. The molecular formula is C14H22BrN3. The van der Waals surface area contributed by atoms with E-state index in [-0.39, 0.29) is 0 Å². The number of hydrogen-bond donors (Lipinski definition) is 1. The predicted molar refractivity (Wildman–Crippen MR) is 81.0 cm³/mol. The molecule has 0 aromatic heterocycles. The standard InChI is InChI=1S/C14H22BrN3/c1-17(2)12-6-4-5-11(15)14(12)13-7-10(8-16)9-18(13)3/h4-6,10,13H,7-9,16H2,1-3H3. The minimum Gasteiger partial charge on any atom is -0.377 e. The van der Waals surface area contributed by atoms with Gasteiger partial charge in [-0.05, 0) is 38.1 Å². The lowest BCUT2D eigenvalue weighted by molar-refractivity contribution is 0.313. The first-order valence-electron chi connectivity index (χ1n) is 6.40. The van der Waals surface area contributed by atoms with Crippen LogP contribution in [0.4, 0.5) is 5.69 Å². The zero-order chi connectivity index (χ0) is 13.3. The summed E-state index contributed by atoms with van der Waals surface area (Å²) < 4.78 is 1.20. The summed E-state index contributed by atoms with van der Waals surface area (Å²) in [6.07, 6.45) is 1.15. The molecule has 100 valence electrons. The molecule has 2 atom stereocenters. The van der Waals surface area contributed by atoms with Crippen LogP contribution in [-0.2, 0) is 0 Å². The minimum atomic E-state index is 0.464. The zero-order valence-electron chi connectivity index (χ0n) is 11.4. The van der Waals surface area contributed by atoms with E-state index in [1.54, 1.807) is 0 Å². The molecule has 1 aliphatic heterocycles. The topological polar surface area (TPSA) is 32.5 Å². The third-order valence-electron chi connectivity index (χ3n) is 3.81. The molecule has 0 amide bonds. The molecule has 2 rings (SSSR count). The summed E-state index contributed by atoms with van der Waals surface area (Å²) in [5.41, 5.74) is 8.50. The highest BCUT2D eigenvalue weighted by molar-refractivity contribution is 9.10. The molecule has 1 heterocycles. The Bertz CT molecular complexity index is 420. The molecule has 1 aliphatic rings. The first-order valence-corrected chi connectivity index (χ1v) is 7.20. The van der Waals surface area contributed by atoms with E-state index in [4.69, 9.17) is 5.73 Å². The Labute approximate surface area is 118 Å². The van der Waals surface area contributed by atoms with Gasteiger partial charge in [0.25, 0.3) is 0 Å². The van der Waals surface area contributed by atoms with Crippen molar-refractivity contribution in [2.24, 2.45) is 11.7 Å². The van der Waals surface area contributed by atoms with E-state index < -0.39 is 0 Å². The third kappa shape index (κ3) is 2.56. The van der Waals surface area contributed by atoms with Gasteiger partial charge >= 0.3 is 0 Å². The molecule has 4 heteroatoms. The zero-order valence-corrected chi connectivity index (χ0v) is 12.9. The largest absolute Gasteiger partial charge is 0.377 e. The molecule has 1 aromatic carbocycles. The molecule has 2 unspecified atom stereocenters. The van der Waals surface area contributed by atoms with E-state index in [1.165, 1.54) is 15.7 Å². The third-order valence-corrected chi connectivity index (χ3v) is 4.50. The summed E-state index contributed by atoms with van der Waals surface area (Å²) in [5, 5.41) is 0. The van der Waals surface area contributed by atoms with E-state index in [9.17, 15) is 0 Å². The van der Waals surface area contributed by atoms with Crippen LogP contribution in [0.25, 0.3) is 0 Å². The molecule has 0 saturated carbocycles. The Morgan fingerprint density at radius 2 is 2.17 bits per heavy atom. The van der Waals surface area contributed by atoms with Crippen molar-refractivity contribution in [2.75, 3.05) is 39.1 Å². The lowest BCUT2D eigenvalue weighted by Crippen LogP contribution is -2.22. The fourth-order valence-electron chi connectivity index (χ4n) is 2.86. The summed E-state index contributed by atoms with van der Waals surface area (Å²) in [6.45, 7) is 1.87. The molecule has 2 N–H and O–H groups in total. The van der Waals surface area contributed by atoms with Crippen molar-refractivity contribution in [3.63, 3.8) is 0 Å². The van der Waals surface area contributed by atoms with Gasteiger partial charge in [0.15, 0.2) is 0 Å². The first kappa shape index (κ1) is 13.8. The minimum absolute atomic E-state index is 0.464. The van der Waals surface area contributed by atoms with Crippen LogP contribution < -0.4 is 10.6 Å². The van der Waals surface area contributed by atoms with Gasteiger partial charge in [-0.1, -0.05) is 22.0 Å². The van der Waals surface area contributed by atoms with Gasteiger partial charge in [-0.3, -0.25) is 4.90 Å². The molecule has 0 aliphatic carbocycles. The highest BCUT2D eigenvalue weighted by Crippen LogP contribution is 2.41. The lowest BCUT2D eigenvalue weighted by atomic mass is 9.98. The molecule has 1 fully saturated rings. The number of benzene rings is 1. The Balaban J connectivity index is 2.38. The van der Waals surface area contributed by atoms with E-state index in [2.05, 4.69) is 65.1 Å². The van der Waals surface area contributed by atoms with Gasteiger partial charge in [0.05, 0.1) is 0 Å². The van der Waals surface area contributed by atoms with Crippen molar-refractivity contribution in [3.05, 3.63) is 28.2 Å². The summed E-state index contributed by atoms with van der Waals surface area (Å²) >= 11 is 3.71. The monoisotopic (exact) mass is 311 g/mol. The van der Waals surface area contributed by atoms with Crippen LogP contribution in [0.3, 0.4) is 0 Å². The van der Waals surface area contributed by atoms with Gasteiger partial charge in [0.2, 0.25) is 0 Å². The fraction of sp³-hybridized carbons (Fsp3) is 0.571. The number of halogens is 1. The van der Waals surface area contributed by atoms with Crippen molar-refractivity contribution in [1.82, 2.24) is 4.90 Å². The average molecular weight is 312 g/mol. The molecule has 1 saturated heterocycles. The molecule has 0 spiro atoms. The van der Waals surface area contributed by atoms with Crippen LogP contribution in [0.15, 0.2) is 22.7 Å². The van der Waals surface area contributed by atoms with Gasteiger partial charge in [-0.2, -0.15) is 0 Å². The predicted octanol–water partition coefficient (Wildman–Crippen LogP) is 2.47. The summed E-state index contributed by atoms with van der Waals surface area (Å²) in [6, 6.07) is 6.88. The Morgan fingerprint density at radius 1 is 1.44 bits per heavy atom. The van der Waals surface area contributed by atoms with Crippen LogP contribution >= 0.6 is 15.9 Å². The maximum absolute atomic E-state index is 5.82. The highest BCUT2D eigenvalue weighted by atomic mass is 79.9. The second-order valence-corrected chi connectivity index (χ2v) is 6.21. The quantitative estimate of drug-likeness (QED) is 0.930. The summed E-state index contributed by atoms with van der Waals surface area (Å²) in [5.74, 6) is 0.613. The maximum atomic E-state index is 5.82. The number of nitrogens with zero attached hydrogens (tertiary/aromatic N) is 2. The SMILES string of the molecule is CN(C)c1cccc(Br)c1C1CC(CN)CN1C. The van der Waals surface area contributed by atoms with Crippen molar-refractivity contribution < 1.29 is 0 Å². The van der Waals surface area contributed by atoms with Gasteiger partial charge in [0, 0.05) is 42.4 Å². The normalized spacial score (nSPS) is 24.5. The van der Waals surface area contributed by atoms with Gasteiger partial charge in [0.1, 0.15) is 0 Å². The van der Waals surface area contributed by atoms with Crippen molar-refractivity contribution in [3.8, 4) is 0 Å². The van der Waals surface area contributed by atoms with Crippen LogP contribution in [0.1, 0.15) is 18.0 Å². The number of likely N-dealkylation sites (tertiary alicyclic amines) is 1. The summed E-state index contributed by atoms with van der Waals surface area (Å²) in [4.78, 5) is 4.61. The second-order valence-electron chi connectivity index (χ2n) is 5.36. The Hall–Kier alpha value is -0.580. The molecule has 1 aromatic rings. The van der Waals surface area contributed by atoms with Crippen molar-refractivity contribution >= 4 is 21.6 Å². The number of nitrogens with two attached hydrogens (primary N) is 1. The van der Waals surface area contributed by atoms with Gasteiger partial charge in [-0.15, -0.1) is 0 Å². The average Bonchev–Trinajstić information content (AvgIpc) is 2.70. The smallest absolute Gasteiger partial charge is 0.0421 e. The van der Waals surface area contributed by atoms with Crippen LogP contribution in [-0.4, -0.2) is 39.1 Å². The number of anilines is 1. The van der Waals surface area contributed by atoms with Crippen LogP contribution in [0.2, 0.25) is 0 Å². The maximum Gasteiger partial charge on any atom is 0.0421 e. The molecule has 18 heavy (non-hydrogen) atoms. The fourth-order valence-corrected chi connectivity index (χ4v) is 3.48. The molecular weight excluding hydrogens is 290 g/mol. The lowest BCUT2D eigenvalue weighted by Gasteiger charge is -2.26. The van der Waals surface area contributed by atoms with E-state index in [1.807, 2.05) is 0 Å². The Morgan fingerprint density at radius 3 is 2.72 bits per heavy atom. The van der Waals surface area contributed by atoms with Crippen molar-refractivity contribution in [1.29, 1.82) is 0 Å². The van der Waals surface area contributed by atoms with E-state index >= 15 is 0 Å². The van der Waals surface area contributed by atoms with Crippen molar-refractivity contribution in [2.45, 2.75) is 12.5 Å².